The van der Waals surface area contributed by atoms with Crippen molar-refractivity contribution in [1.29, 1.82) is 0 Å². The van der Waals surface area contributed by atoms with Crippen LogP contribution in [-0.4, -0.2) is 29.0 Å². The summed E-state index contributed by atoms with van der Waals surface area (Å²) in [5.41, 5.74) is 0.726. The van der Waals surface area contributed by atoms with Gasteiger partial charge in [0, 0.05) is 13.1 Å². The van der Waals surface area contributed by atoms with Crippen molar-refractivity contribution in [2.45, 2.75) is 25.4 Å². The first kappa shape index (κ1) is 19.8. The Morgan fingerprint density at radius 1 is 0.786 bits per heavy atom. The van der Waals surface area contributed by atoms with Crippen molar-refractivity contribution in [3.8, 4) is 0 Å². The number of nitrogens with zero attached hydrogens (tertiary/aromatic N) is 1. The molecule has 3 aromatic carbocycles. The molecule has 3 rings (SSSR count). The van der Waals surface area contributed by atoms with Gasteiger partial charge in [-0.1, -0.05) is 91.0 Å². The topological polar surface area (TPSA) is 40.5 Å². The van der Waals surface area contributed by atoms with E-state index in [1.54, 1.807) is 4.90 Å². The van der Waals surface area contributed by atoms with Crippen LogP contribution in [-0.2, 0) is 10.4 Å². The fourth-order valence-electron chi connectivity index (χ4n) is 3.81. The van der Waals surface area contributed by atoms with E-state index in [1.165, 1.54) is 0 Å². The lowest BCUT2D eigenvalue weighted by Gasteiger charge is -2.39. The summed E-state index contributed by atoms with van der Waals surface area (Å²) in [6, 6.07) is 28.5. The summed E-state index contributed by atoms with van der Waals surface area (Å²) in [4.78, 5) is 15.5. The van der Waals surface area contributed by atoms with E-state index in [-0.39, 0.29) is 5.91 Å². The van der Waals surface area contributed by atoms with Gasteiger partial charge in [-0.25, -0.2) is 0 Å². The van der Waals surface area contributed by atoms with Crippen molar-refractivity contribution >= 4 is 5.91 Å². The molecule has 3 heteroatoms. The molecule has 1 unspecified atom stereocenters. The standard InChI is InChI=1S/C25H27NO2/c1-3-26(4-2)24(27)23(20-14-8-5-9-15-20)25(28,21-16-10-6-11-17-21)22-18-12-7-13-19-22/h5-19,23,28H,3-4H2,1-2H3. The number of hydrogen-bond donors (Lipinski definition) is 1. The average Bonchev–Trinajstić information content (AvgIpc) is 2.76. The molecule has 0 aliphatic carbocycles. The normalized spacial score (nSPS) is 12.4. The van der Waals surface area contributed by atoms with Crippen LogP contribution in [0.15, 0.2) is 91.0 Å². The highest BCUT2D eigenvalue weighted by atomic mass is 16.3. The summed E-state index contributed by atoms with van der Waals surface area (Å²) >= 11 is 0. The second-order valence-electron chi connectivity index (χ2n) is 6.85. The molecule has 1 N–H and O–H groups in total. The number of likely N-dealkylation sites (N-methyl/N-ethyl adjacent to an activating group) is 1. The minimum atomic E-state index is -1.48. The molecule has 1 amide bonds. The van der Waals surface area contributed by atoms with Gasteiger partial charge in [-0.05, 0) is 30.5 Å². The fourth-order valence-corrected chi connectivity index (χ4v) is 3.81. The van der Waals surface area contributed by atoms with Crippen LogP contribution < -0.4 is 0 Å². The first-order valence-corrected chi connectivity index (χ1v) is 9.80. The third-order valence-corrected chi connectivity index (χ3v) is 5.30. The van der Waals surface area contributed by atoms with Crippen molar-refractivity contribution in [3.05, 3.63) is 108 Å². The van der Waals surface area contributed by atoms with Crippen molar-refractivity contribution in [1.82, 2.24) is 4.90 Å². The lowest BCUT2D eigenvalue weighted by Crippen LogP contribution is -2.46. The van der Waals surface area contributed by atoms with Crippen LogP contribution in [0.2, 0.25) is 0 Å². The van der Waals surface area contributed by atoms with Gasteiger partial charge in [0.1, 0.15) is 11.5 Å². The summed E-state index contributed by atoms with van der Waals surface area (Å²) in [5.74, 6) is -0.829. The molecule has 0 saturated carbocycles. The molecule has 0 aromatic heterocycles. The first-order valence-electron chi connectivity index (χ1n) is 9.80. The number of aliphatic hydroxyl groups is 1. The monoisotopic (exact) mass is 373 g/mol. The highest BCUT2D eigenvalue weighted by Crippen LogP contribution is 2.43. The minimum Gasteiger partial charge on any atom is -0.379 e. The van der Waals surface area contributed by atoms with E-state index in [4.69, 9.17) is 0 Å². The van der Waals surface area contributed by atoms with Gasteiger partial charge >= 0.3 is 0 Å². The van der Waals surface area contributed by atoms with Gasteiger partial charge in [-0.15, -0.1) is 0 Å². The van der Waals surface area contributed by atoms with Crippen LogP contribution in [0.3, 0.4) is 0 Å². The zero-order valence-electron chi connectivity index (χ0n) is 16.5. The van der Waals surface area contributed by atoms with Crippen LogP contribution >= 0.6 is 0 Å². The van der Waals surface area contributed by atoms with Gasteiger partial charge in [0.05, 0.1) is 0 Å². The highest BCUT2D eigenvalue weighted by molar-refractivity contribution is 5.86. The molecule has 28 heavy (non-hydrogen) atoms. The van der Waals surface area contributed by atoms with E-state index in [0.29, 0.717) is 24.2 Å². The lowest BCUT2D eigenvalue weighted by atomic mass is 9.72. The van der Waals surface area contributed by atoms with E-state index in [0.717, 1.165) is 5.56 Å². The van der Waals surface area contributed by atoms with Gasteiger partial charge in [0.2, 0.25) is 5.91 Å². The zero-order valence-corrected chi connectivity index (χ0v) is 16.5. The smallest absolute Gasteiger partial charge is 0.233 e. The molecular weight excluding hydrogens is 346 g/mol. The summed E-state index contributed by atoms with van der Waals surface area (Å²) < 4.78 is 0. The van der Waals surface area contributed by atoms with E-state index >= 15 is 0 Å². The number of hydrogen-bond acceptors (Lipinski definition) is 2. The van der Waals surface area contributed by atoms with E-state index in [1.807, 2.05) is 105 Å². The zero-order chi connectivity index (χ0) is 20.0. The van der Waals surface area contributed by atoms with E-state index < -0.39 is 11.5 Å². The molecule has 0 spiro atoms. The Bertz CT molecular complexity index is 835. The molecule has 0 bridgehead atoms. The molecule has 0 fully saturated rings. The van der Waals surface area contributed by atoms with Crippen LogP contribution in [0.5, 0.6) is 0 Å². The SMILES string of the molecule is CCN(CC)C(=O)C(c1ccccc1)C(O)(c1ccccc1)c1ccccc1. The molecule has 144 valence electrons. The summed E-state index contributed by atoms with van der Waals surface area (Å²) in [6.45, 7) is 5.12. The quantitative estimate of drug-likeness (QED) is 0.659. The number of carbonyl (C=O) groups is 1. The molecule has 1 atom stereocenters. The van der Waals surface area contributed by atoms with Crippen molar-refractivity contribution < 1.29 is 9.90 Å². The Morgan fingerprint density at radius 3 is 1.57 bits per heavy atom. The van der Waals surface area contributed by atoms with Gasteiger partial charge in [-0.2, -0.15) is 0 Å². The van der Waals surface area contributed by atoms with Gasteiger partial charge in [0.15, 0.2) is 0 Å². The van der Waals surface area contributed by atoms with Gasteiger partial charge in [0.25, 0.3) is 0 Å². The fraction of sp³-hybridized carbons (Fsp3) is 0.240. The molecule has 0 aliphatic rings. The van der Waals surface area contributed by atoms with Crippen molar-refractivity contribution in [2.24, 2.45) is 0 Å². The summed E-state index contributed by atoms with van der Waals surface area (Å²) in [6.07, 6.45) is 0. The predicted octanol–water partition coefficient (Wildman–Crippen LogP) is 4.57. The van der Waals surface area contributed by atoms with Crippen molar-refractivity contribution in [3.63, 3.8) is 0 Å². The summed E-state index contributed by atoms with van der Waals surface area (Å²) in [7, 11) is 0. The van der Waals surface area contributed by atoms with Crippen LogP contribution in [0.4, 0.5) is 0 Å². The molecule has 3 nitrogen and oxygen atoms in total. The largest absolute Gasteiger partial charge is 0.379 e. The molecular formula is C25H27NO2. The second kappa shape index (κ2) is 8.85. The molecule has 0 saturated heterocycles. The van der Waals surface area contributed by atoms with E-state index in [9.17, 15) is 9.90 Å². The Morgan fingerprint density at radius 2 is 1.18 bits per heavy atom. The van der Waals surface area contributed by atoms with Crippen LogP contribution in [0.25, 0.3) is 0 Å². The second-order valence-corrected chi connectivity index (χ2v) is 6.85. The average molecular weight is 373 g/mol. The molecule has 0 radical (unpaired) electrons. The maximum Gasteiger partial charge on any atom is 0.233 e. The third kappa shape index (κ3) is 3.71. The third-order valence-electron chi connectivity index (χ3n) is 5.30. The Hall–Kier alpha value is -2.91. The Balaban J connectivity index is 2.27. The Kier molecular flexibility index (Phi) is 6.27. The summed E-state index contributed by atoms with van der Waals surface area (Å²) in [5, 5.41) is 12.2. The molecule has 3 aromatic rings. The molecule has 0 heterocycles. The maximum atomic E-state index is 13.7. The van der Waals surface area contributed by atoms with Gasteiger partial charge in [-0.3, -0.25) is 4.79 Å². The number of amides is 1. The highest BCUT2D eigenvalue weighted by Gasteiger charge is 2.46. The molecule has 0 aliphatic heterocycles. The van der Waals surface area contributed by atoms with Gasteiger partial charge < -0.3 is 10.0 Å². The van der Waals surface area contributed by atoms with Crippen molar-refractivity contribution in [2.75, 3.05) is 13.1 Å². The minimum absolute atomic E-state index is 0.0774. The Labute approximate surface area is 167 Å². The first-order chi connectivity index (χ1) is 13.6. The predicted molar refractivity (Wildman–Crippen MR) is 113 cm³/mol. The van der Waals surface area contributed by atoms with Crippen LogP contribution in [0.1, 0.15) is 36.5 Å². The number of benzene rings is 3. The van der Waals surface area contributed by atoms with E-state index in [2.05, 4.69) is 0 Å². The van der Waals surface area contributed by atoms with Crippen LogP contribution in [0, 0.1) is 0 Å². The number of rotatable bonds is 7. The number of carbonyl (C=O) groups excluding carboxylic acids is 1. The lowest BCUT2D eigenvalue weighted by molar-refractivity contribution is -0.138. The maximum absolute atomic E-state index is 13.7.